The molecule has 1 aromatic heterocycles. The van der Waals surface area contributed by atoms with E-state index in [9.17, 15) is 57.8 Å². The van der Waals surface area contributed by atoms with Gasteiger partial charge in [-0.2, -0.15) is 0 Å². The summed E-state index contributed by atoms with van der Waals surface area (Å²) in [4.78, 5) is 151. The number of primary amides is 2. The number of aliphatic imine (C=N–C) groups is 1. The van der Waals surface area contributed by atoms with Gasteiger partial charge in [-0.25, -0.2) is 0 Å². The Kier molecular flexibility index (Phi) is 29.2. The van der Waals surface area contributed by atoms with Gasteiger partial charge in [-0.1, -0.05) is 39.3 Å². The second-order valence-electron chi connectivity index (χ2n) is 19.4. The van der Waals surface area contributed by atoms with E-state index in [1.807, 2.05) is 0 Å². The first-order valence-corrected chi connectivity index (χ1v) is 25.9. The van der Waals surface area contributed by atoms with Crippen LogP contribution < -0.4 is 76.5 Å². The van der Waals surface area contributed by atoms with Gasteiger partial charge < -0.3 is 81.6 Å². The van der Waals surface area contributed by atoms with Crippen LogP contribution in [0.2, 0.25) is 0 Å². The Morgan fingerprint density at radius 2 is 1.49 bits per heavy atom. The third kappa shape index (κ3) is 24.8. The molecule has 1 aliphatic rings. The third-order valence-electron chi connectivity index (χ3n) is 12.3. The fourth-order valence-electron chi connectivity index (χ4n) is 7.94. The molecule has 20 N–H and O–H groups in total. The summed E-state index contributed by atoms with van der Waals surface area (Å²) >= 11 is 0. The van der Waals surface area contributed by atoms with Crippen LogP contribution in [0.25, 0.3) is 0 Å². The minimum atomic E-state index is -1.72. The molecule has 2 rings (SSSR count). The fourth-order valence-corrected chi connectivity index (χ4v) is 7.94. The zero-order chi connectivity index (χ0) is 57.8. The molecule has 11 amide bonds. The molecule has 77 heavy (non-hydrogen) atoms. The van der Waals surface area contributed by atoms with E-state index in [0.29, 0.717) is 25.8 Å². The van der Waals surface area contributed by atoms with Gasteiger partial charge in [0.15, 0.2) is 5.96 Å². The zero-order valence-electron chi connectivity index (χ0n) is 44.7. The maximum atomic E-state index is 14.3. The molecule has 0 fully saturated rings. The normalized spacial score (nSPS) is 20.4. The van der Waals surface area contributed by atoms with Crippen molar-refractivity contribution in [1.29, 1.82) is 0 Å². The van der Waals surface area contributed by atoms with Gasteiger partial charge in [-0.05, 0) is 82.6 Å². The summed E-state index contributed by atoms with van der Waals surface area (Å²) in [6.45, 7) is 7.18. The van der Waals surface area contributed by atoms with Crippen LogP contribution in [0.1, 0.15) is 117 Å². The van der Waals surface area contributed by atoms with Crippen LogP contribution in [0, 0.1) is 11.8 Å². The fraction of sp³-hybridized carbons (Fsp3) is 0.702. The van der Waals surface area contributed by atoms with Crippen molar-refractivity contribution in [2.75, 3.05) is 26.2 Å². The highest BCUT2D eigenvalue weighted by molar-refractivity contribution is 5.98. The van der Waals surface area contributed by atoms with Crippen molar-refractivity contribution < 1.29 is 57.8 Å². The second kappa shape index (κ2) is 34.2. The molecule has 0 aliphatic carbocycles. The van der Waals surface area contributed by atoms with Gasteiger partial charge in [0.2, 0.25) is 65.0 Å². The van der Waals surface area contributed by atoms with Crippen molar-refractivity contribution in [2.24, 2.45) is 45.5 Å². The topological polar surface area (TPSA) is 489 Å². The Labute approximate surface area is 447 Å². The summed E-state index contributed by atoms with van der Waals surface area (Å²) in [5.74, 6) is -10.1. The Morgan fingerprint density at radius 3 is 2.10 bits per heavy atom. The molecule has 0 saturated heterocycles. The van der Waals surface area contributed by atoms with Gasteiger partial charge in [-0.15, -0.1) is 5.10 Å². The molecule has 2 heterocycles. The first-order valence-electron chi connectivity index (χ1n) is 25.9. The van der Waals surface area contributed by atoms with E-state index in [0.717, 1.165) is 0 Å². The van der Waals surface area contributed by atoms with Crippen LogP contribution in [0.15, 0.2) is 11.2 Å². The van der Waals surface area contributed by atoms with Crippen LogP contribution in [0.5, 0.6) is 0 Å². The van der Waals surface area contributed by atoms with Crippen LogP contribution in [0.4, 0.5) is 0 Å². The number of aromatic nitrogens is 3. The van der Waals surface area contributed by atoms with Crippen LogP contribution in [-0.4, -0.2) is 166 Å². The lowest BCUT2D eigenvalue weighted by Crippen LogP contribution is -2.61. The van der Waals surface area contributed by atoms with E-state index in [1.165, 1.54) is 17.8 Å². The second-order valence-corrected chi connectivity index (χ2v) is 19.4. The number of hydrogen-bond acceptors (Lipinski definition) is 16. The summed E-state index contributed by atoms with van der Waals surface area (Å²) < 4.78 is 1.42. The number of hydrogen-bond donors (Lipinski definition) is 15. The number of aryl methyl sites for hydroxylation is 1. The Morgan fingerprint density at radius 1 is 0.818 bits per heavy atom. The molecule has 9 atom stereocenters. The lowest BCUT2D eigenvalue weighted by atomic mass is 9.97. The quantitative estimate of drug-likeness (QED) is 0.0233. The van der Waals surface area contributed by atoms with Gasteiger partial charge >= 0.3 is 0 Å². The van der Waals surface area contributed by atoms with Gasteiger partial charge in [0.1, 0.15) is 48.3 Å². The minimum Gasteiger partial charge on any atom is -0.394 e. The van der Waals surface area contributed by atoms with E-state index in [-0.39, 0.29) is 88.4 Å². The first kappa shape index (κ1) is 65.6. The largest absolute Gasteiger partial charge is 0.394 e. The van der Waals surface area contributed by atoms with Crippen molar-refractivity contribution in [3.63, 3.8) is 0 Å². The number of nitrogens with zero attached hydrogens (tertiary/aromatic N) is 4. The number of aliphatic hydroxyl groups is 1. The average Bonchev–Trinajstić information content (AvgIpc) is 3.81. The van der Waals surface area contributed by atoms with Crippen LogP contribution in [0.3, 0.4) is 0 Å². The number of amides is 11. The van der Waals surface area contributed by atoms with E-state index >= 15 is 0 Å². The molecule has 0 spiro atoms. The Bertz CT molecular complexity index is 2200. The molecular weight excluding hydrogens is 1010 g/mol. The van der Waals surface area contributed by atoms with Crippen molar-refractivity contribution in [2.45, 2.75) is 173 Å². The van der Waals surface area contributed by atoms with Crippen LogP contribution >= 0.6 is 0 Å². The number of unbranched alkanes of at least 4 members (excludes halogenated alkanes) is 1. The predicted molar refractivity (Wildman–Crippen MR) is 278 cm³/mol. The molecule has 30 nitrogen and oxygen atoms in total. The molecule has 30 heteroatoms. The molecule has 2 bridgehead atoms. The van der Waals surface area contributed by atoms with Crippen molar-refractivity contribution in [3.8, 4) is 0 Å². The van der Waals surface area contributed by atoms with Crippen molar-refractivity contribution >= 4 is 70.9 Å². The number of aliphatic hydroxyl groups excluding tert-OH is 1. The summed E-state index contributed by atoms with van der Waals surface area (Å²) in [6.07, 6.45) is 2.90. The SMILES string of the molecule is CC[C@H](C)[C@@H]1NC(=O)[C@H](CO)NC(=O)[C@@H](NC(=O)CNC(=O)[C@H](CCCCN)NC(C)=O)Cc2cn(nn2)CCCC[C@@H](C(=O)N[C@@H](CC(C)C)C(=O)N[C@@H](CCCN=C(N)N)C(N)=O)NC(=O)[C@H](CCC(N)=O)NC1=O. The summed E-state index contributed by atoms with van der Waals surface area (Å²) in [5, 5.41) is 41.6. The maximum Gasteiger partial charge on any atom is 0.245 e. The number of carbonyl (C=O) groups excluding carboxylic acids is 11. The first-order chi connectivity index (χ1) is 36.4. The average molecular weight is 1090 g/mol. The van der Waals surface area contributed by atoms with Gasteiger partial charge in [0.25, 0.3) is 0 Å². The lowest BCUT2D eigenvalue weighted by molar-refractivity contribution is -0.137. The number of nitrogens with one attached hydrogen (secondary N) is 9. The molecule has 1 aromatic rings. The summed E-state index contributed by atoms with van der Waals surface area (Å²) in [7, 11) is 0. The highest BCUT2D eigenvalue weighted by Crippen LogP contribution is 2.14. The minimum absolute atomic E-state index is 0.0570. The van der Waals surface area contributed by atoms with Gasteiger partial charge in [0.05, 0.1) is 18.8 Å². The summed E-state index contributed by atoms with van der Waals surface area (Å²) in [5.41, 5.74) is 27.6. The van der Waals surface area contributed by atoms with E-state index in [2.05, 4.69) is 63.2 Å². The Balaban J connectivity index is 2.59. The molecule has 0 aromatic carbocycles. The van der Waals surface area contributed by atoms with Gasteiger partial charge in [-0.3, -0.25) is 62.4 Å². The highest BCUT2D eigenvalue weighted by Gasteiger charge is 2.36. The highest BCUT2D eigenvalue weighted by atomic mass is 16.3. The number of fused-ring (bicyclic) bond motifs is 2. The van der Waals surface area contributed by atoms with Crippen molar-refractivity contribution in [1.82, 2.24) is 62.8 Å². The number of nitrogens with two attached hydrogens (primary N) is 5. The van der Waals surface area contributed by atoms with E-state index in [4.69, 9.17) is 28.7 Å². The van der Waals surface area contributed by atoms with E-state index < -0.39 is 139 Å². The van der Waals surface area contributed by atoms with Crippen molar-refractivity contribution in [3.05, 3.63) is 11.9 Å². The smallest absolute Gasteiger partial charge is 0.245 e. The molecule has 432 valence electrons. The maximum absolute atomic E-state index is 14.3. The third-order valence-corrected chi connectivity index (χ3v) is 12.3. The lowest BCUT2D eigenvalue weighted by Gasteiger charge is -2.29. The number of carbonyl (C=O) groups is 11. The molecule has 0 unspecified atom stereocenters. The zero-order valence-corrected chi connectivity index (χ0v) is 44.7. The van der Waals surface area contributed by atoms with Gasteiger partial charge in [0, 0.05) is 39.1 Å². The van der Waals surface area contributed by atoms with E-state index in [1.54, 1.807) is 27.7 Å². The Hall–Kier alpha value is -7.50. The predicted octanol–water partition coefficient (Wildman–Crippen LogP) is -5.96. The number of guanidine groups is 1. The molecular formula is C47H82N18O12. The summed E-state index contributed by atoms with van der Waals surface area (Å²) in [6, 6.07) is -10.9. The number of rotatable bonds is 26. The molecule has 0 saturated carbocycles. The standard InChI is InChI=1S/C47H82N18O12/c1-6-26(4)38-46(77)59-32(15-16-36(49)68)42(73)58-31(41(72)60-33(20-25(2)3)43(74)57-29(39(50)70)14-11-18-53-47(51)52)13-8-10-19-65-23-28(63-64-65)21-34(44(75)61-35(24-66)45(76)62-38)56-37(69)22-54-40(71)30(55-27(5)67)12-7-9-17-48/h23,25-26,29-35,38,66H,6-22,24,48H2,1-5H3,(H2,49,68)(H2,50,70)(H,54,71)(H,55,67)(H,56,69)(H,57,74)(H,58,73)(H,59,77)(H,60,72)(H,61,75)(H,62,76)(H4,51,52,53)/t26-,29-,30-,31-,32-,33-,34-,35-,38-/m0/s1. The monoisotopic (exact) mass is 1090 g/mol. The van der Waals surface area contributed by atoms with Crippen LogP contribution in [-0.2, 0) is 65.7 Å². The molecule has 0 radical (unpaired) electrons. The molecule has 1 aliphatic heterocycles.